The lowest BCUT2D eigenvalue weighted by atomic mass is 10.1. The number of para-hydroxylation sites is 1. The highest BCUT2D eigenvalue weighted by atomic mass is 16.5. The molecule has 5 rings (SSSR count). The first kappa shape index (κ1) is 21.2. The van der Waals surface area contributed by atoms with E-state index >= 15 is 0 Å². The quantitative estimate of drug-likeness (QED) is 0.468. The highest BCUT2D eigenvalue weighted by Crippen LogP contribution is 2.26. The van der Waals surface area contributed by atoms with E-state index in [0.717, 1.165) is 34.6 Å². The summed E-state index contributed by atoms with van der Waals surface area (Å²) in [6.45, 7) is 1.64. The summed E-state index contributed by atoms with van der Waals surface area (Å²) < 4.78 is 11.2. The number of hydrogen-bond donors (Lipinski definition) is 1. The number of aryl methyl sites for hydroxylation is 1. The number of hydrogen-bond acceptors (Lipinski definition) is 4. The molecule has 168 valence electrons. The van der Waals surface area contributed by atoms with Crippen LogP contribution in [0.3, 0.4) is 0 Å². The summed E-state index contributed by atoms with van der Waals surface area (Å²) in [4.78, 5) is 23.0. The number of pyridine rings is 1. The number of ether oxygens (including phenoxy) is 2. The molecular weight excluding hydrogens is 414 g/mol. The molecule has 1 amide bonds. The Kier molecular flexibility index (Phi) is 6.09. The molecule has 1 atom stereocenters. The smallest absolute Gasteiger partial charge is 0.223 e. The number of amides is 1. The van der Waals surface area contributed by atoms with Crippen LogP contribution in [0.5, 0.6) is 5.75 Å². The Hall–Kier alpha value is -3.64. The lowest BCUT2D eigenvalue weighted by Gasteiger charge is -2.33. The Morgan fingerprint density at radius 2 is 1.97 bits per heavy atom. The number of aromatic amines is 1. The molecule has 6 heteroatoms. The van der Waals surface area contributed by atoms with Crippen LogP contribution in [-0.2, 0) is 16.0 Å². The first-order valence-electron chi connectivity index (χ1n) is 11.3. The lowest BCUT2D eigenvalue weighted by molar-refractivity contribution is -0.139. The van der Waals surface area contributed by atoms with Crippen LogP contribution < -0.4 is 4.74 Å². The van der Waals surface area contributed by atoms with Gasteiger partial charge in [-0.05, 0) is 54.4 Å². The zero-order valence-electron chi connectivity index (χ0n) is 18.7. The van der Waals surface area contributed by atoms with Crippen molar-refractivity contribution in [2.45, 2.75) is 18.9 Å². The lowest BCUT2D eigenvalue weighted by Crippen LogP contribution is -2.42. The van der Waals surface area contributed by atoms with Gasteiger partial charge in [-0.15, -0.1) is 0 Å². The third kappa shape index (κ3) is 4.61. The van der Waals surface area contributed by atoms with E-state index in [1.165, 1.54) is 10.9 Å². The molecule has 1 N–H and O–H groups in total. The van der Waals surface area contributed by atoms with E-state index in [-0.39, 0.29) is 12.0 Å². The molecule has 33 heavy (non-hydrogen) atoms. The topological polar surface area (TPSA) is 67.5 Å². The number of aromatic nitrogens is 2. The zero-order valence-corrected chi connectivity index (χ0v) is 18.7. The number of H-pyrrole nitrogens is 1. The second-order valence-electron chi connectivity index (χ2n) is 8.23. The number of rotatable bonds is 6. The molecular formula is C27H27N3O3. The van der Waals surface area contributed by atoms with Gasteiger partial charge in [0.2, 0.25) is 5.91 Å². The zero-order chi connectivity index (χ0) is 22.6. The van der Waals surface area contributed by atoms with Crippen molar-refractivity contribution in [2.24, 2.45) is 0 Å². The molecule has 0 aliphatic carbocycles. The average Bonchev–Trinajstić information content (AvgIpc) is 3.30. The molecule has 0 spiro atoms. The summed E-state index contributed by atoms with van der Waals surface area (Å²) >= 11 is 0. The highest BCUT2D eigenvalue weighted by Gasteiger charge is 2.26. The summed E-state index contributed by atoms with van der Waals surface area (Å²) in [7, 11) is 1.65. The molecule has 1 unspecified atom stereocenters. The maximum absolute atomic E-state index is 13.0. The van der Waals surface area contributed by atoms with Crippen LogP contribution in [0.4, 0.5) is 0 Å². The normalized spacial score (nSPS) is 16.2. The van der Waals surface area contributed by atoms with Crippen molar-refractivity contribution in [3.63, 3.8) is 0 Å². The van der Waals surface area contributed by atoms with E-state index in [4.69, 9.17) is 14.5 Å². The Balaban J connectivity index is 1.25. The SMILES string of the molecule is COc1ccc(-c2cccc(C3CN(C(=O)CCc4c[nH]c5ccccc45)CCO3)n2)cc1. The fraction of sp³-hybridized carbons (Fsp3) is 0.259. The summed E-state index contributed by atoms with van der Waals surface area (Å²) in [5.41, 5.74) is 5.02. The number of carbonyl (C=O) groups is 1. The van der Waals surface area contributed by atoms with E-state index in [1.54, 1.807) is 7.11 Å². The molecule has 4 aromatic rings. The minimum Gasteiger partial charge on any atom is -0.497 e. The van der Waals surface area contributed by atoms with Crippen molar-refractivity contribution in [3.8, 4) is 17.0 Å². The van der Waals surface area contributed by atoms with E-state index in [2.05, 4.69) is 17.1 Å². The summed E-state index contributed by atoms with van der Waals surface area (Å²) in [6, 6.07) is 22.0. The van der Waals surface area contributed by atoms with Gasteiger partial charge in [-0.3, -0.25) is 4.79 Å². The van der Waals surface area contributed by atoms with Gasteiger partial charge in [0.25, 0.3) is 0 Å². The maximum atomic E-state index is 13.0. The Bertz CT molecular complexity index is 1250. The minimum absolute atomic E-state index is 0.153. The maximum Gasteiger partial charge on any atom is 0.223 e. The molecule has 6 nitrogen and oxygen atoms in total. The molecule has 0 saturated carbocycles. The monoisotopic (exact) mass is 441 g/mol. The second-order valence-corrected chi connectivity index (χ2v) is 8.23. The van der Waals surface area contributed by atoms with Crippen molar-refractivity contribution in [1.82, 2.24) is 14.9 Å². The first-order chi connectivity index (χ1) is 16.2. The molecule has 1 aliphatic rings. The molecule has 2 aromatic heterocycles. The fourth-order valence-electron chi connectivity index (χ4n) is 4.35. The minimum atomic E-state index is -0.228. The van der Waals surface area contributed by atoms with Crippen LogP contribution in [0.2, 0.25) is 0 Å². The predicted octanol–water partition coefficient (Wildman–Crippen LogP) is 4.77. The van der Waals surface area contributed by atoms with Crippen LogP contribution in [0.1, 0.15) is 23.8 Å². The number of fused-ring (bicyclic) bond motifs is 1. The molecule has 3 heterocycles. The number of methoxy groups -OCH3 is 1. The van der Waals surface area contributed by atoms with Crippen LogP contribution >= 0.6 is 0 Å². The van der Waals surface area contributed by atoms with Gasteiger partial charge in [-0.25, -0.2) is 4.98 Å². The summed E-state index contributed by atoms with van der Waals surface area (Å²) in [5.74, 6) is 0.965. The Labute approximate surface area is 193 Å². The van der Waals surface area contributed by atoms with Crippen LogP contribution in [0, 0.1) is 0 Å². The van der Waals surface area contributed by atoms with Gasteiger partial charge in [0.05, 0.1) is 31.6 Å². The highest BCUT2D eigenvalue weighted by molar-refractivity contribution is 5.84. The van der Waals surface area contributed by atoms with Crippen molar-refractivity contribution in [2.75, 3.05) is 26.8 Å². The molecule has 1 aliphatic heterocycles. The number of nitrogens with zero attached hydrogens (tertiary/aromatic N) is 2. The third-order valence-electron chi connectivity index (χ3n) is 6.19. The number of nitrogens with one attached hydrogen (secondary N) is 1. The average molecular weight is 442 g/mol. The van der Waals surface area contributed by atoms with Crippen LogP contribution in [0.15, 0.2) is 72.9 Å². The van der Waals surface area contributed by atoms with Gasteiger partial charge in [0.15, 0.2) is 0 Å². The Morgan fingerprint density at radius 3 is 2.82 bits per heavy atom. The van der Waals surface area contributed by atoms with Crippen molar-refractivity contribution < 1.29 is 14.3 Å². The van der Waals surface area contributed by atoms with Crippen molar-refractivity contribution in [1.29, 1.82) is 0 Å². The van der Waals surface area contributed by atoms with Gasteiger partial charge >= 0.3 is 0 Å². The molecule has 1 fully saturated rings. The number of carbonyl (C=O) groups excluding carboxylic acids is 1. The van der Waals surface area contributed by atoms with Gasteiger partial charge < -0.3 is 19.4 Å². The number of benzene rings is 2. The van der Waals surface area contributed by atoms with Gasteiger partial charge in [0, 0.05) is 35.6 Å². The van der Waals surface area contributed by atoms with Gasteiger partial charge in [0.1, 0.15) is 11.9 Å². The predicted molar refractivity (Wildman–Crippen MR) is 128 cm³/mol. The third-order valence-corrected chi connectivity index (χ3v) is 6.19. The van der Waals surface area contributed by atoms with Crippen molar-refractivity contribution >= 4 is 16.8 Å². The fourth-order valence-corrected chi connectivity index (χ4v) is 4.35. The van der Waals surface area contributed by atoms with Crippen LogP contribution in [-0.4, -0.2) is 47.6 Å². The molecule has 2 aromatic carbocycles. The van der Waals surface area contributed by atoms with E-state index < -0.39 is 0 Å². The largest absolute Gasteiger partial charge is 0.497 e. The van der Waals surface area contributed by atoms with E-state index in [0.29, 0.717) is 26.1 Å². The van der Waals surface area contributed by atoms with E-state index in [9.17, 15) is 4.79 Å². The van der Waals surface area contributed by atoms with Gasteiger partial charge in [-0.1, -0.05) is 24.3 Å². The summed E-state index contributed by atoms with van der Waals surface area (Å²) in [6.07, 6.45) is 2.98. The standard InChI is InChI=1S/C27H27N3O3/c1-32-21-12-9-19(10-13-21)23-7-4-8-25(29-23)26-18-30(15-16-33-26)27(31)14-11-20-17-28-24-6-3-2-5-22(20)24/h2-10,12-13,17,26,28H,11,14-16,18H2,1H3. The second kappa shape index (κ2) is 9.46. The van der Waals surface area contributed by atoms with Gasteiger partial charge in [-0.2, -0.15) is 0 Å². The summed E-state index contributed by atoms with van der Waals surface area (Å²) in [5, 5.41) is 1.18. The number of morpholine rings is 1. The van der Waals surface area contributed by atoms with E-state index in [1.807, 2.05) is 65.7 Å². The molecule has 1 saturated heterocycles. The van der Waals surface area contributed by atoms with Crippen LogP contribution in [0.25, 0.3) is 22.2 Å². The first-order valence-corrected chi connectivity index (χ1v) is 11.3. The Morgan fingerprint density at radius 1 is 1.12 bits per heavy atom. The molecule has 0 bridgehead atoms. The molecule has 0 radical (unpaired) electrons. The van der Waals surface area contributed by atoms with Crippen molar-refractivity contribution in [3.05, 3.63) is 84.2 Å².